The molecule has 0 spiro atoms. The molecule has 2 aromatic heterocycles. The number of anilines is 1. The predicted octanol–water partition coefficient (Wildman–Crippen LogP) is 3.58. The summed E-state index contributed by atoms with van der Waals surface area (Å²) in [6, 6.07) is 15.7. The largest absolute Gasteiger partial charge is 0.395 e. The van der Waals surface area contributed by atoms with Crippen LogP contribution in [0.1, 0.15) is 27.3 Å². The van der Waals surface area contributed by atoms with Crippen LogP contribution in [-0.4, -0.2) is 42.1 Å². The van der Waals surface area contributed by atoms with Crippen LogP contribution in [0.5, 0.6) is 0 Å². The Kier molecular flexibility index (Phi) is 6.28. The lowest BCUT2D eigenvalue weighted by atomic mass is 9.84. The quantitative estimate of drug-likeness (QED) is 0.315. The van der Waals surface area contributed by atoms with E-state index < -0.39 is 23.1 Å². The molecule has 0 fully saturated rings. The molecule has 0 aliphatic rings. The summed E-state index contributed by atoms with van der Waals surface area (Å²) in [6.45, 7) is -0.403. The highest BCUT2D eigenvalue weighted by Gasteiger charge is 2.43. The molecular weight excluding hydrogens is 480 g/mol. The number of rotatable bonds is 7. The van der Waals surface area contributed by atoms with Crippen molar-refractivity contribution in [2.75, 3.05) is 11.9 Å². The van der Waals surface area contributed by atoms with Crippen molar-refractivity contribution in [3.05, 3.63) is 113 Å². The van der Waals surface area contributed by atoms with Crippen molar-refractivity contribution in [1.29, 1.82) is 0 Å². The maximum absolute atomic E-state index is 15.1. The van der Waals surface area contributed by atoms with Crippen molar-refractivity contribution in [2.45, 2.75) is 12.1 Å². The van der Waals surface area contributed by atoms with Crippen LogP contribution in [0.2, 0.25) is 0 Å². The van der Waals surface area contributed by atoms with E-state index in [-0.39, 0.29) is 35.7 Å². The Labute approximate surface area is 210 Å². The second-order valence-corrected chi connectivity index (χ2v) is 8.54. The van der Waals surface area contributed by atoms with Crippen LogP contribution in [0.4, 0.5) is 14.5 Å². The van der Waals surface area contributed by atoms with E-state index in [1.165, 1.54) is 59.3 Å². The van der Waals surface area contributed by atoms with Gasteiger partial charge in [0.1, 0.15) is 11.6 Å². The SMILES string of the molecule is Cn1cc(NC(=O)c2ccc3nc(C(O)(c4ccccc4F)c4ccccc4F)n(CCO)c3c2)cn1. The number of amides is 1. The van der Waals surface area contributed by atoms with Gasteiger partial charge < -0.3 is 20.1 Å². The number of aromatic nitrogens is 4. The summed E-state index contributed by atoms with van der Waals surface area (Å²) >= 11 is 0. The van der Waals surface area contributed by atoms with E-state index in [4.69, 9.17) is 0 Å². The average molecular weight is 504 g/mol. The fourth-order valence-corrected chi connectivity index (χ4v) is 4.45. The molecule has 37 heavy (non-hydrogen) atoms. The number of aryl methyl sites for hydroxylation is 1. The van der Waals surface area contributed by atoms with Gasteiger partial charge in [0.15, 0.2) is 11.4 Å². The van der Waals surface area contributed by atoms with Gasteiger partial charge in [-0.15, -0.1) is 0 Å². The number of hydrogen-bond donors (Lipinski definition) is 3. The topological polar surface area (TPSA) is 105 Å². The smallest absolute Gasteiger partial charge is 0.255 e. The van der Waals surface area contributed by atoms with E-state index in [1.54, 1.807) is 36.1 Å². The number of halogens is 2. The minimum absolute atomic E-state index is 0.0509. The first-order valence-electron chi connectivity index (χ1n) is 11.5. The molecule has 0 bridgehead atoms. The maximum Gasteiger partial charge on any atom is 0.255 e. The van der Waals surface area contributed by atoms with E-state index in [0.29, 0.717) is 16.7 Å². The average Bonchev–Trinajstić information content (AvgIpc) is 3.47. The standard InChI is InChI=1S/C27H23F2N5O3/c1-33-16-18(15-30-33)31-25(36)17-10-11-23-24(14-17)34(12-13-35)26(32-23)27(37,19-6-2-4-8-21(19)28)20-7-3-5-9-22(20)29/h2-11,14-16,35,37H,12-13H2,1H3,(H,31,36). The van der Waals surface area contributed by atoms with Gasteiger partial charge in [0, 0.05) is 36.5 Å². The Morgan fingerprint density at radius 3 is 2.24 bits per heavy atom. The number of carbonyl (C=O) groups is 1. The van der Waals surface area contributed by atoms with E-state index in [1.807, 2.05) is 0 Å². The zero-order valence-corrected chi connectivity index (χ0v) is 19.8. The van der Waals surface area contributed by atoms with Crippen molar-refractivity contribution < 1.29 is 23.8 Å². The summed E-state index contributed by atoms with van der Waals surface area (Å²) in [6.07, 6.45) is 3.15. The molecule has 0 aliphatic carbocycles. The Hall–Kier alpha value is -4.41. The molecule has 8 nitrogen and oxygen atoms in total. The van der Waals surface area contributed by atoms with E-state index in [9.17, 15) is 15.0 Å². The van der Waals surface area contributed by atoms with Gasteiger partial charge >= 0.3 is 0 Å². The van der Waals surface area contributed by atoms with E-state index in [0.717, 1.165) is 0 Å². The maximum atomic E-state index is 15.1. The number of nitrogens with one attached hydrogen (secondary N) is 1. The number of carbonyl (C=O) groups excluding carboxylic acids is 1. The Morgan fingerprint density at radius 1 is 1.03 bits per heavy atom. The summed E-state index contributed by atoms with van der Waals surface area (Å²) in [5, 5.41) is 28.8. The number of aliphatic hydroxyl groups excluding tert-OH is 1. The molecule has 10 heteroatoms. The van der Waals surface area contributed by atoms with Gasteiger partial charge in [-0.25, -0.2) is 13.8 Å². The molecule has 0 radical (unpaired) electrons. The highest BCUT2D eigenvalue weighted by atomic mass is 19.1. The van der Waals surface area contributed by atoms with Crippen molar-refractivity contribution in [3.8, 4) is 0 Å². The van der Waals surface area contributed by atoms with Gasteiger partial charge in [0.2, 0.25) is 0 Å². The molecule has 2 heterocycles. The summed E-state index contributed by atoms with van der Waals surface area (Å²) in [5.41, 5.74) is -1.20. The molecule has 5 rings (SSSR count). The van der Waals surface area contributed by atoms with Crippen molar-refractivity contribution in [3.63, 3.8) is 0 Å². The second-order valence-electron chi connectivity index (χ2n) is 8.54. The van der Waals surface area contributed by atoms with Gasteiger partial charge in [-0.2, -0.15) is 5.10 Å². The lowest BCUT2D eigenvalue weighted by molar-refractivity contribution is 0.101. The first kappa shape index (κ1) is 24.3. The Bertz CT molecular complexity index is 1570. The third-order valence-electron chi connectivity index (χ3n) is 6.15. The van der Waals surface area contributed by atoms with Crippen LogP contribution in [-0.2, 0) is 19.2 Å². The fourth-order valence-electron chi connectivity index (χ4n) is 4.45. The second kappa shape index (κ2) is 9.57. The van der Waals surface area contributed by atoms with Gasteiger partial charge in [-0.05, 0) is 30.3 Å². The molecule has 0 saturated heterocycles. The molecule has 1 amide bonds. The van der Waals surface area contributed by atoms with Crippen LogP contribution >= 0.6 is 0 Å². The van der Waals surface area contributed by atoms with Crippen LogP contribution in [0.15, 0.2) is 79.1 Å². The first-order valence-corrected chi connectivity index (χ1v) is 11.5. The normalized spacial score (nSPS) is 11.7. The first-order chi connectivity index (χ1) is 17.8. The van der Waals surface area contributed by atoms with Gasteiger partial charge in [0.25, 0.3) is 5.91 Å². The van der Waals surface area contributed by atoms with E-state index >= 15 is 8.78 Å². The fraction of sp³-hybridized carbons (Fsp3) is 0.148. The number of benzene rings is 3. The van der Waals surface area contributed by atoms with Gasteiger partial charge in [-0.3, -0.25) is 9.48 Å². The molecule has 0 atom stereocenters. The molecule has 188 valence electrons. The minimum Gasteiger partial charge on any atom is -0.395 e. The summed E-state index contributed by atoms with van der Waals surface area (Å²) in [7, 11) is 1.73. The molecule has 0 aliphatic heterocycles. The lowest BCUT2D eigenvalue weighted by Crippen LogP contribution is -2.35. The van der Waals surface area contributed by atoms with Gasteiger partial charge in [0.05, 0.1) is 29.5 Å². The Balaban J connectivity index is 1.71. The Morgan fingerprint density at radius 2 is 1.68 bits per heavy atom. The number of hydrogen-bond acceptors (Lipinski definition) is 5. The van der Waals surface area contributed by atoms with Crippen LogP contribution < -0.4 is 5.32 Å². The number of fused-ring (bicyclic) bond motifs is 1. The summed E-state index contributed by atoms with van der Waals surface area (Å²) in [4.78, 5) is 17.4. The van der Waals surface area contributed by atoms with Crippen LogP contribution in [0, 0.1) is 11.6 Å². The minimum atomic E-state index is -2.34. The van der Waals surface area contributed by atoms with Gasteiger partial charge in [-0.1, -0.05) is 36.4 Å². The summed E-state index contributed by atoms with van der Waals surface area (Å²) in [5.74, 6) is -2.02. The monoisotopic (exact) mass is 503 g/mol. The van der Waals surface area contributed by atoms with E-state index in [2.05, 4.69) is 15.4 Å². The lowest BCUT2D eigenvalue weighted by Gasteiger charge is -2.30. The number of imidazole rings is 1. The van der Waals surface area contributed by atoms with Crippen LogP contribution in [0.25, 0.3) is 11.0 Å². The third-order valence-corrected chi connectivity index (χ3v) is 6.15. The summed E-state index contributed by atoms with van der Waals surface area (Å²) < 4.78 is 33.2. The third kappa shape index (κ3) is 4.26. The van der Waals surface area contributed by atoms with Crippen molar-refractivity contribution in [1.82, 2.24) is 19.3 Å². The number of aliphatic hydroxyl groups is 2. The molecular formula is C27H23F2N5O3. The number of nitrogens with zero attached hydrogens (tertiary/aromatic N) is 4. The van der Waals surface area contributed by atoms with Crippen molar-refractivity contribution >= 4 is 22.6 Å². The van der Waals surface area contributed by atoms with Crippen molar-refractivity contribution in [2.24, 2.45) is 7.05 Å². The molecule has 5 aromatic rings. The zero-order chi connectivity index (χ0) is 26.2. The molecule has 3 N–H and O–H groups in total. The highest BCUT2D eigenvalue weighted by Crippen LogP contribution is 2.40. The molecule has 0 saturated carbocycles. The molecule has 0 unspecified atom stereocenters. The highest BCUT2D eigenvalue weighted by molar-refractivity contribution is 6.05. The zero-order valence-electron chi connectivity index (χ0n) is 19.8. The van der Waals surface area contributed by atoms with Crippen LogP contribution in [0.3, 0.4) is 0 Å². The molecule has 3 aromatic carbocycles. The predicted molar refractivity (Wildman–Crippen MR) is 133 cm³/mol.